The minimum absolute atomic E-state index is 0.133. The Labute approximate surface area is 152 Å². The third-order valence-electron chi connectivity index (χ3n) is 3.83. The molecule has 0 aliphatic heterocycles. The Morgan fingerprint density at radius 2 is 1.46 bits per heavy atom. The van der Waals surface area contributed by atoms with E-state index in [1.807, 2.05) is 24.3 Å². The van der Waals surface area contributed by atoms with Gasteiger partial charge in [-0.15, -0.1) is 0 Å². The highest BCUT2D eigenvalue weighted by Crippen LogP contribution is 2.35. The number of Topliss-reactive ketones (excluding diaryl/α,β-unsaturated/α-hetero) is 1. The largest absolute Gasteiger partial charge is 0.497 e. The van der Waals surface area contributed by atoms with Gasteiger partial charge in [0.25, 0.3) is 0 Å². The van der Waals surface area contributed by atoms with Crippen molar-refractivity contribution in [2.75, 3.05) is 21.3 Å². The molecule has 138 valence electrons. The van der Waals surface area contributed by atoms with Crippen molar-refractivity contribution in [3.05, 3.63) is 47.5 Å². The standard InChI is InChI=1S/C20H22O6/c1-13(21)26-19-12-16(24-3)11-18(25-4)20(19)17(22)10-7-14-5-8-15(23-2)9-6-14/h5-6,8-9,11-12H,7,10H2,1-4H3. The van der Waals surface area contributed by atoms with E-state index < -0.39 is 5.97 Å². The third-order valence-corrected chi connectivity index (χ3v) is 3.83. The van der Waals surface area contributed by atoms with Crippen molar-refractivity contribution in [1.29, 1.82) is 0 Å². The van der Waals surface area contributed by atoms with Crippen molar-refractivity contribution in [2.24, 2.45) is 0 Å². The molecule has 0 N–H and O–H groups in total. The van der Waals surface area contributed by atoms with E-state index in [9.17, 15) is 9.59 Å². The van der Waals surface area contributed by atoms with Gasteiger partial charge < -0.3 is 18.9 Å². The second-order valence-corrected chi connectivity index (χ2v) is 5.57. The fourth-order valence-corrected chi connectivity index (χ4v) is 2.53. The Balaban J connectivity index is 2.26. The van der Waals surface area contributed by atoms with Gasteiger partial charge in [-0.3, -0.25) is 9.59 Å². The maximum absolute atomic E-state index is 12.8. The number of esters is 1. The van der Waals surface area contributed by atoms with Gasteiger partial charge in [0.05, 0.1) is 21.3 Å². The number of methoxy groups -OCH3 is 3. The van der Waals surface area contributed by atoms with E-state index in [-0.39, 0.29) is 23.5 Å². The average Bonchev–Trinajstić information content (AvgIpc) is 2.65. The van der Waals surface area contributed by atoms with Crippen LogP contribution in [-0.2, 0) is 11.2 Å². The molecular formula is C20H22O6. The Kier molecular flexibility index (Phi) is 6.60. The number of rotatable bonds is 8. The van der Waals surface area contributed by atoms with Gasteiger partial charge in [-0.05, 0) is 24.1 Å². The monoisotopic (exact) mass is 358 g/mol. The molecule has 0 fully saturated rings. The van der Waals surface area contributed by atoms with E-state index in [0.717, 1.165) is 11.3 Å². The normalized spacial score (nSPS) is 10.2. The van der Waals surface area contributed by atoms with E-state index >= 15 is 0 Å². The van der Waals surface area contributed by atoms with Gasteiger partial charge in [0.2, 0.25) is 0 Å². The van der Waals surface area contributed by atoms with E-state index in [4.69, 9.17) is 18.9 Å². The molecule has 0 radical (unpaired) electrons. The van der Waals surface area contributed by atoms with Crippen molar-refractivity contribution in [3.8, 4) is 23.0 Å². The number of ether oxygens (including phenoxy) is 4. The molecule has 0 aliphatic rings. The van der Waals surface area contributed by atoms with Gasteiger partial charge in [-0.2, -0.15) is 0 Å². The lowest BCUT2D eigenvalue weighted by molar-refractivity contribution is -0.131. The number of benzene rings is 2. The van der Waals surface area contributed by atoms with E-state index in [1.165, 1.54) is 27.2 Å². The highest BCUT2D eigenvalue weighted by Gasteiger charge is 2.21. The Morgan fingerprint density at radius 1 is 0.846 bits per heavy atom. The van der Waals surface area contributed by atoms with Gasteiger partial charge in [0.15, 0.2) is 5.78 Å². The predicted octanol–water partition coefficient (Wildman–Crippen LogP) is 3.45. The topological polar surface area (TPSA) is 71.1 Å². The van der Waals surface area contributed by atoms with Gasteiger partial charge >= 0.3 is 5.97 Å². The molecule has 26 heavy (non-hydrogen) atoms. The van der Waals surface area contributed by atoms with Gasteiger partial charge in [-0.1, -0.05) is 12.1 Å². The smallest absolute Gasteiger partial charge is 0.308 e. The number of hydrogen-bond donors (Lipinski definition) is 0. The summed E-state index contributed by atoms with van der Waals surface area (Å²) >= 11 is 0. The highest BCUT2D eigenvalue weighted by molar-refractivity contribution is 6.02. The number of carbonyl (C=O) groups excluding carboxylic acids is 2. The molecular weight excluding hydrogens is 336 g/mol. The van der Waals surface area contributed by atoms with Crippen LogP contribution < -0.4 is 18.9 Å². The third kappa shape index (κ3) is 4.75. The summed E-state index contributed by atoms with van der Waals surface area (Å²) in [6.45, 7) is 1.28. The predicted molar refractivity (Wildman–Crippen MR) is 96.5 cm³/mol. The van der Waals surface area contributed by atoms with Crippen LogP contribution in [0.2, 0.25) is 0 Å². The second-order valence-electron chi connectivity index (χ2n) is 5.57. The highest BCUT2D eigenvalue weighted by atomic mass is 16.5. The first-order valence-electron chi connectivity index (χ1n) is 8.09. The van der Waals surface area contributed by atoms with Crippen LogP contribution in [0.25, 0.3) is 0 Å². The average molecular weight is 358 g/mol. The number of hydrogen-bond acceptors (Lipinski definition) is 6. The lowest BCUT2D eigenvalue weighted by Gasteiger charge is -2.14. The van der Waals surface area contributed by atoms with E-state index in [2.05, 4.69) is 0 Å². The Morgan fingerprint density at radius 3 is 2.00 bits per heavy atom. The SMILES string of the molecule is COc1ccc(CCC(=O)c2c(OC)cc(OC)cc2OC(C)=O)cc1. The minimum Gasteiger partial charge on any atom is -0.497 e. The van der Waals surface area contributed by atoms with Crippen LogP contribution >= 0.6 is 0 Å². The molecule has 2 rings (SSSR count). The quantitative estimate of drug-likeness (QED) is 0.409. The zero-order valence-electron chi connectivity index (χ0n) is 15.3. The maximum atomic E-state index is 12.8. The number of carbonyl (C=O) groups is 2. The summed E-state index contributed by atoms with van der Waals surface area (Å²) in [4.78, 5) is 24.2. The van der Waals surface area contributed by atoms with Crippen LogP contribution in [0, 0.1) is 0 Å². The Bertz CT molecular complexity index is 780. The van der Waals surface area contributed by atoms with Crippen LogP contribution in [0.15, 0.2) is 36.4 Å². The summed E-state index contributed by atoms with van der Waals surface area (Å²) < 4.78 is 20.8. The summed E-state index contributed by atoms with van der Waals surface area (Å²) in [6, 6.07) is 10.6. The van der Waals surface area contributed by atoms with Crippen LogP contribution in [0.1, 0.15) is 29.3 Å². The molecule has 0 unspecified atom stereocenters. The molecule has 2 aromatic rings. The number of ketones is 1. The van der Waals surface area contributed by atoms with E-state index in [0.29, 0.717) is 17.9 Å². The van der Waals surface area contributed by atoms with Crippen molar-refractivity contribution in [3.63, 3.8) is 0 Å². The molecule has 0 heterocycles. The summed E-state index contributed by atoms with van der Waals surface area (Å²) in [5.74, 6) is 0.925. The molecule has 0 saturated heterocycles. The molecule has 0 bridgehead atoms. The van der Waals surface area contributed by atoms with Gasteiger partial charge in [0, 0.05) is 25.5 Å². The van der Waals surface area contributed by atoms with E-state index in [1.54, 1.807) is 13.2 Å². The molecule has 0 saturated carbocycles. The zero-order valence-corrected chi connectivity index (χ0v) is 15.3. The summed E-state index contributed by atoms with van der Waals surface area (Å²) in [6.07, 6.45) is 0.779. The molecule has 0 aliphatic carbocycles. The first-order valence-corrected chi connectivity index (χ1v) is 8.09. The zero-order chi connectivity index (χ0) is 19.1. The molecule has 0 aromatic heterocycles. The summed E-state index contributed by atoms with van der Waals surface area (Å²) in [7, 11) is 4.54. The first-order chi connectivity index (χ1) is 12.5. The maximum Gasteiger partial charge on any atom is 0.308 e. The fraction of sp³-hybridized carbons (Fsp3) is 0.300. The molecule has 0 spiro atoms. The van der Waals surface area contributed by atoms with Crippen molar-refractivity contribution >= 4 is 11.8 Å². The van der Waals surface area contributed by atoms with Gasteiger partial charge in [-0.25, -0.2) is 0 Å². The number of aryl methyl sites for hydroxylation is 1. The molecule has 6 heteroatoms. The lowest BCUT2D eigenvalue weighted by Crippen LogP contribution is -2.10. The van der Waals surface area contributed by atoms with Crippen LogP contribution in [0.4, 0.5) is 0 Å². The molecule has 0 amide bonds. The lowest BCUT2D eigenvalue weighted by atomic mass is 10.0. The minimum atomic E-state index is -0.524. The molecule has 0 atom stereocenters. The molecule has 2 aromatic carbocycles. The summed E-state index contributed by atoms with van der Waals surface area (Å²) in [5, 5.41) is 0. The van der Waals surface area contributed by atoms with Crippen LogP contribution in [0.5, 0.6) is 23.0 Å². The van der Waals surface area contributed by atoms with Crippen molar-refractivity contribution < 1.29 is 28.5 Å². The second kappa shape index (κ2) is 8.89. The van der Waals surface area contributed by atoms with Crippen LogP contribution in [0.3, 0.4) is 0 Å². The summed E-state index contributed by atoms with van der Waals surface area (Å²) in [5.41, 5.74) is 1.23. The van der Waals surface area contributed by atoms with Crippen LogP contribution in [-0.4, -0.2) is 33.1 Å². The Hall–Kier alpha value is -3.02. The fourth-order valence-electron chi connectivity index (χ4n) is 2.53. The first kappa shape index (κ1) is 19.3. The van der Waals surface area contributed by atoms with Gasteiger partial charge in [0.1, 0.15) is 28.6 Å². The van der Waals surface area contributed by atoms with Crippen molar-refractivity contribution in [2.45, 2.75) is 19.8 Å². The van der Waals surface area contributed by atoms with Crippen molar-refractivity contribution in [1.82, 2.24) is 0 Å². The molecule has 6 nitrogen and oxygen atoms in total.